The second-order valence-electron chi connectivity index (χ2n) is 5.46. The average Bonchev–Trinajstić information content (AvgIpc) is 3.02. The Hall–Kier alpha value is -2.13. The van der Waals surface area contributed by atoms with E-state index in [1.54, 1.807) is 0 Å². The zero-order valence-electron chi connectivity index (χ0n) is 12.3. The first-order valence-electron chi connectivity index (χ1n) is 7.58. The molecule has 0 radical (unpaired) electrons. The monoisotopic (exact) mass is 279 g/mol. The van der Waals surface area contributed by atoms with Crippen molar-refractivity contribution in [1.82, 2.24) is 9.97 Å². The third kappa shape index (κ3) is 2.83. The van der Waals surface area contributed by atoms with Crippen LogP contribution in [0, 0.1) is 0 Å². The number of hydrogen-bond donors (Lipinski definition) is 2. The van der Waals surface area contributed by atoms with E-state index >= 15 is 0 Å². The summed E-state index contributed by atoms with van der Waals surface area (Å²) in [6.07, 6.45) is 5.15. The third-order valence-electron chi connectivity index (χ3n) is 3.90. The van der Waals surface area contributed by atoms with E-state index in [0.717, 1.165) is 30.8 Å². The van der Waals surface area contributed by atoms with Crippen molar-refractivity contribution in [3.8, 4) is 11.3 Å². The number of nitrogens with two attached hydrogens (primary N) is 1. The van der Waals surface area contributed by atoms with Gasteiger partial charge in [-0.1, -0.05) is 62.2 Å². The number of aromatic amines is 1. The fourth-order valence-electron chi connectivity index (χ4n) is 2.68. The molecule has 0 bridgehead atoms. The Bertz CT molecular complexity index is 725. The number of nitrogens with zero attached hydrogens (tertiary/aromatic N) is 1. The number of fused-ring (bicyclic) bond motifs is 1. The molecule has 0 aliphatic rings. The quantitative estimate of drug-likeness (QED) is 0.726. The highest BCUT2D eigenvalue weighted by atomic mass is 15.0. The molecule has 3 heteroatoms. The van der Waals surface area contributed by atoms with Gasteiger partial charge in [0.2, 0.25) is 0 Å². The number of nitrogens with one attached hydrogen (secondary N) is 1. The Kier molecular flexibility index (Phi) is 4.02. The summed E-state index contributed by atoms with van der Waals surface area (Å²) in [5.41, 5.74) is 8.40. The van der Waals surface area contributed by atoms with Crippen LogP contribution in [0.4, 0.5) is 0 Å². The Morgan fingerprint density at radius 3 is 2.81 bits per heavy atom. The molecule has 0 saturated carbocycles. The van der Waals surface area contributed by atoms with Crippen LogP contribution in [-0.2, 0) is 0 Å². The number of H-pyrrole nitrogens is 1. The zero-order valence-corrected chi connectivity index (χ0v) is 12.3. The van der Waals surface area contributed by atoms with Crippen molar-refractivity contribution in [2.24, 2.45) is 5.73 Å². The van der Waals surface area contributed by atoms with Gasteiger partial charge in [0.1, 0.15) is 5.82 Å². The largest absolute Gasteiger partial charge is 0.341 e. The summed E-state index contributed by atoms with van der Waals surface area (Å²) in [5, 5.41) is 2.47. The molecule has 0 aliphatic carbocycles. The highest BCUT2D eigenvalue weighted by Gasteiger charge is 2.11. The first-order chi connectivity index (χ1) is 10.3. The van der Waals surface area contributed by atoms with E-state index in [1.807, 2.05) is 6.20 Å². The molecular formula is C18H21N3. The Labute approximate surface area is 125 Å². The second-order valence-corrected chi connectivity index (χ2v) is 5.46. The van der Waals surface area contributed by atoms with Gasteiger partial charge in [-0.25, -0.2) is 4.98 Å². The summed E-state index contributed by atoms with van der Waals surface area (Å²) in [4.78, 5) is 7.87. The van der Waals surface area contributed by atoms with E-state index in [-0.39, 0.29) is 6.04 Å². The van der Waals surface area contributed by atoms with E-state index in [0.29, 0.717) is 0 Å². The molecule has 1 atom stereocenters. The van der Waals surface area contributed by atoms with Gasteiger partial charge >= 0.3 is 0 Å². The first-order valence-corrected chi connectivity index (χ1v) is 7.58. The lowest BCUT2D eigenvalue weighted by Gasteiger charge is -2.08. The predicted molar refractivity (Wildman–Crippen MR) is 88.0 cm³/mol. The molecule has 1 aromatic heterocycles. The van der Waals surface area contributed by atoms with E-state index in [4.69, 9.17) is 5.73 Å². The van der Waals surface area contributed by atoms with Gasteiger partial charge in [-0.2, -0.15) is 0 Å². The van der Waals surface area contributed by atoms with Crippen LogP contribution in [0.2, 0.25) is 0 Å². The Balaban J connectivity index is 1.95. The van der Waals surface area contributed by atoms with E-state index < -0.39 is 0 Å². The Morgan fingerprint density at radius 1 is 1.14 bits per heavy atom. The van der Waals surface area contributed by atoms with Crippen molar-refractivity contribution in [3.05, 3.63) is 54.5 Å². The minimum Gasteiger partial charge on any atom is -0.341 e. The topological polar surface area (TPSA) is 54.7 Å². The van der Waals surface area contributed by atoms with Crippen LogP contribution in [0.25, 0.3) is 22.0 Å². The fraction of sp³-hybridized carbons (Fsp3) is 0.278. The maximum absolute atomic E-state index is 6.19. The highest BCUT2D eigenvalue weighted by molar-refractivity contribution is 5.95. The molecule has 1 unspecified atom stereocenters. The smallest absolute Gasteiger partial charge is 0.123 e. The molecule has 1 heterocycles. The maximum Gasteiger partial charge on any atom is 0.123 e. The van der Waals surface area contributed by atoms with E-state index in [1.165, 1.54) is 16.3 Å². The van der Waals surface area contributed by atoms with Gasteiger partial charge in [0.25, 0.3) is 0 Å². The van der Waals surface area contributed by atoms with Crippen LogP contribution in [0.15, 0.2) is 48.7 Å². The minimum absolute atomic E-state index is 0.00586. The molecular weight excluding hydrogens is 258 g/mol. The van der Waals surface area contributed by atoms with Crippen LogP contribution in [-0.4, -0.2) is 9.97 Å². The van der Waals surface area contributed by atoms with Crippen molar-refractivity contribution in [1.29, 1.82) is 0 Å². The lowest BCUT2D eigenvalue weighted by atomic mass is 10.0. The molecule has 0 spiro atoms. The summed E-state index contributed by atoms with van der Waals surface area (Å²) >= 11 is 0. The maximum atomic E-state index is 6.19. The normalized spacial score (nSPS) is 12.7. The van der Waals surface area contributed by atoms with Crippen molar-refractivity contribution in [2.75, 3.05) is 0 Å². The van der Waals surface area contributed by atoms with Gasteiger partial charge in [0.15, 0.2) is 0 Å². The van der Waals surface area contributed by atoms with Gasteiger partial charge in [0.05, 0.1) is 17.9 Å². The molecule has 3 N–H and O–H groups in total. The predicted octanol–water partition coefficient (Wildman–Crippen LogP) is 4.42. The molecule has 108 valence electrons. The van der Waals surface area contributed by atoms with Crippen LogP contribution < -0.4 is 5.73 Å². The van der Waals surface area contributed by atoms with E-state index in [2.05, 4.69) is 59.4 Å². The van der Waals surface area contributed by atoms with Crippen molar-refractivity contribution < 1.29 is 0 Å². The molecule has 0 aliphatic heterocycles. The molecule has 0 fully saturated rings. The zero-order chi connectivity index (χ0) is 14.7. The molecule has 0 saturated heterocycles. The average molecular weight is 279 g/mol. The SMILES string of the molecule is CCCCC(N)c1ncc(-c2cccc3ccccc23)[nH]1. The number of aromatic nitrogens is 2. The molecule has 2 aromatic carbocycles. The molecule has 3 rings (SSSR count). The molecule has 0 amide bonds. The fourth-order valence-corrected chi connectivity index (χ4v) is 2.68. The van der Waals surface area contributed by atoms with Gasteiger partial charge in [-0.3, -0.25) is 0 Å². The van der Waals surface area contributed by atoms with E-state index in [9.17, 15) is 0 Å². The van der Waals surface area contributed by atoms with Crippen LogP contribution in [0.1, 0.15) is 38.1 Å². The summed E-state index contributed by atoms with van der Waals surface area (Å²) in [6.45, 7) is 2.18. The number of unbranched alkanes of at least 4 members (excludes halogenated alkanes) is 1. The first kappa shape index (κ1) is 13.8. The van der Waals surface area contributed by atoms with Crippen molar-refractivity contribution >= 4 is 10.8 Å². The highest BCUT2D eigenvalue weighted by Crippen LogP contribution is 2.28. The lowest BCUT2D eigenvalue weighted by molar-refractivity contribution is 0.580. The third-order valence-corrected chi connectivity index (χ3v) is 3.90. The van der Waals surface area contributed by atoms with Crippen LogP contribution >= 0.6 is 0 Å². The van der Waals surface area contributed by atoms with Gasteiger partial charge in [-0.05, 0) is 17.2 Å². The summed E-state index contributed by atoms with van der Waals surface area (Å²) in [6, 6.07) is 14.7. The number of rotatable bonds is 5. The second kappa shape index (κ2) is 6.10. The molecule has 21 heavy (non-hydrogen) atoms. The van der Waals surface area contributed by atoms with Gasteiger partial charge < -0.3 is 10.7 Å². The lowest BCUT2D eigenvalue weighted by Crippen LogP contribution is -2.11. The number of hydrogen-bond acceptors (Lipinski definition) is 2. The van der Waals surface area contributed by atoms with Crippen LogP contribution in [0.3, 0.4) is 0 Å². The number of imidazole rings is 1. The molecule has 3 nitrogen and oxygen atoms in total. The summed E-state index contributed by atoms with van der Waals surface area (Å²) in [7, 11) is 0. The summed E-state index contributed by atoms with van der Waals surface area (Å²) in [5.74, 6) is 0.881. The molecule has 3 aromatic rings. The van der Waals surface area contributed by atoms with Gasteiger partial charge in [-0.15, -0.1) is 0 Å². The Morgan fingerprint density at radius 2 is 1.95 bits per heavy atom. The summed E-state index contributed by atoms with van der Waals surface area (Å²) < 4.78 is 0. The van der Waals surface area contributed by atoms with Crippen molar-refractivity contribution in [2.45, 2.75) is 32.2 Å². The van der Waals surface area contributed by atoms with Crippen LogP contribution in [0.5, 0.6) is 0 Å². The standard InChI is InChI=1S/C18H21N3/c1-2-3-11-16(19)18-20-12-17(21-18)15-10-6-8-13-7-4-5-9-14(13)15/h4-10,12,16H,2-3,11,19H2,1H3,(H,20,21). The van der Waals surface area contributed by atoms with Crippen molar-refractivity contribution in [3.63, 3.8) is 0 Å². The minimum atomic E-state index is -0.00586. The number of benzene rings is 2. The van der Waals surface area contributed by atoms with Gasteiger partial charge in [0, 0.05) is 5.56 Å².